The molecule has 1 atom stereocenters. The van der Waals surface area contributed by atoms with Crippen molar-refractivity contribution in [2.45, 2.75) is 19.6 Å². The average Bonchev–Trinajstić information content (AvgIpc) is 2.82. The van der Waals surface area contributed by atoms with Crippen molar-refractivity contribution >= 4 is 35.1 Å². The number of nitro groups is 1. The lowest BCUT2D eigenvalue weighted by atomic mass is 10.1. The van der Waals surface area contributed by atoms with E-state index in [4.69, 9.17) is 9.05 Å². The van der Waals surface area contributed by atoms with Gasteiger partial charge in [-0.3, -0.25) is 28.8 Å². The molecule has 0 radical (unpaired) electrons. The Morgan fingerprint density at radius 3 is 2.18 bits per heavy atom. The fraction of sp³-hybridized carbons (Fsp3) is 0.217. The van der Waals surface area contributed by atoms with E-state index in [2.05, 4.69) is 4.98 Å². The number of benzene rings is 3. The average molecular weight is 483 g/mol. The molecule has 3 aromatic carbocycles. The Morgan fingerprint density at radius 2 is 1.59 bits per heavy atom. The SMILES string of the molecule is CCOP(=O)(OCC)C(c1ccccc1)n1c(=O)c(=O)[nH]c2cc([N+](=O)[O-])c3ccccc3c21. The molecule has 4 rings (SSSR count). The van der Waals surface area contributed by atoms with Crippen molar-refractivity contribution in [3.8, 4) is 0 Å². The molecule has 11 heteroatoms. The van der Waals surface area contributed by atoms with E-state index in [1.165, 1.54) is 6.07 Å². The number of aromatic nitrogens is 2. The van der Waals surface area contributed by atoms with Crippen LogP contribution in [0, 0.1) is 10.1 Å². The summed E-state index contributed by atoms with van der Waals surface area (Å²) in [5, 5.41) is 12.3. The zero-order chi connectivity index (χ0) is 24.5. The van der Waals surface area contributed by atoms with Crippen molar-refractivity contribution in [1.82, 2.24) is 9.55 Å². The number of aromatic amines is 1. The molecule has 0 aliphatic rings. The molecule has 0 saturated carbocycles. The Hall–Kier alpha value is -3.59. The summed E-state index contributed by atoms with van der Waals surface area (Å²) in [5.41, 5.74) is -1.59. The second kappa shape index (κ2) is 9.34. The maximum absolute atomic E-state index is 14.1. The number of nitro benzene ring substituents is 1. The summed E-state index contributed by atoms with van der Waals surface area (Å²) in [5.74, 6) is -1.31. The minimum atomic E-state index is -4.06. The lowest BCUT2D eigenvalue weighted by molar-refractivity contribution is -0.382. The van der Waals surface area contributed by atoms with Crippen LogP contribution in [0.4, 0.5) is 5.69 Å². The summed E-state index contributed by atoms with van der Waals surface area (Å²) in [4.78, 5) is 39.7. The Labute approximate surface area is 193 Å². The zero-order valence-electron chi connectivity index (χ0n) is 18.5. The largest absolute Gasteiger partial charge is 0.357 e. The molecule has 1 heterocycles. The van der Waals surface area contributed by atoms with Gasteiger partial charge in [-0.2, -0.15) is 0 Å². The summed E-state index contributed by atoms with van der Waals surface area (Å²) in [6.07, 6.45) is 0. The Kier molecular flexibility index (Phi) is 6.47. The smallest absolute Gasteiger partial charge is 0.316 e. The molecule has 1 N–H and O–H groups in total. The Balaban J connectivity index is 2.24. The Morgan fingerprint density at radius 1 is 1.00 bits per heavy atom. The van der Waals surface area contributed by atoms with Crippen LogP contribution in [-0.2, 0) is 13.6 Å². The number of nitrogens with one attached hydrogen (secondary N) is 1. The third-order valence-corrected chi connectivity index (χ3v) is 7.72. The van der Waals surface area contributed by atoms with E-state index in [0.29, 0.717) is 10.9 Å². The van der Waals surface area contributed by atoms with Crippen LogP contribution in [0.3, 0.4) is 0 Å². The van der Waals surface area contributed by atoms with Gasteiger partial charge in [0, 0.05) is 11.5 Å². The highest BCUT2D eigenvalue weighted by Gasteiger charge is 2.40. The number of hydrogen-bond donors (Lipinski definition) is 1. The van der Waals surface area contributed by atoms with Crippen LogP contribution in [0.2, 0.25) is 0 Å². The topological polar surface area (TPSA) is 134 Å². The summed E-state index contributed by atoms with van der Waals surface area (Å²) in [6.45, 7) is 3.35. The van der Waals surface area contributed by atoms with Gasteiger partial charge >= 0.3 is 18.7 Å². The number of non-ortho nitro benzene ring substituents is 1. The van der Waals surface area contributed by atoms with E-state index in [-0.39, 0.29) is 35.3 Å². The number of nitrogens with zero attached hydrogens (tertiary/aromatic N) is 2. The number of H-pyrrole nitrogens is 1. The van der Waals surface area contributed by atoms with Gasteiger partial charge in [0.15, 0.2) is 5.78 Å². The number of hydrogen-bond acceptors (Lipinski definition) is 7. The van der Waals surface area contributed by atoms with Crippen LogP contribution >= 0.6 is 7.60 Å². The summed E-state index contributed by atoms with van der Waals surface area (Å²) in [7, 11) is -4.06. The van der Waals surface area contributed by atoms with E-state index in [0.717, 1.165) is 4.57 Å². The van der Waals surface area contributed by atoms with E-state index >= 15 is 0 Å². The van der Waals surface area contributed by atoms with Crippen LogP contribution in [0.15, 0.2) is 70.3 Å². The summed E-state index contributed by atoms with van der Waals surface area (Å²) < 4.78 is 26.4. The molecule has 1 aromatic heterocycles. The van der Waals surface area contributed by atoms with Crippen molar-refractivity contribution < 1.29 is 18.5 Å². The fourth-order valence-corrected chi connectivity index (χ4v) is 6.22. The van der Waals surface area contributed by atoms with Crippen LogP contribution in [0.25, 0.3) is 21.8 Å². The van der Waals surface area contributed by atoms with Gasteiger partial charge in [0.25, 0.3) is 5.69 Å². The normalized spacial score (nSPS) is 12.8. The zero-order valence-corrected chi connectivity index (χ0v) is 19.4. The maximum Gasteiger partial charge on any atom is 0.357 e. The van der Waals surface area contributed by atoms with Gasteiger partial charge in [0.2, 0.25) is 0 Å². The second-order valence-corrected chi connectivity index (χ2v) is 9.47. The van der Waals surface area contributed by atoms with Crippen LogP contribution < -0.4 is 11.1 Å². The fourth-order valence-electron chi connectivity index (χ4n) is 4.10. The molecule has 0 fully saturated rings. The van der Waals surface area contributed by atoms with Gasteiger partial charge in [-0.1, -0.05) is 48.5 Å². The van der Waals surface area contributed by atoms with Crippen molar-refractivity contribution in [1.29, 1.82) is 0 Å². The molecule has 0 spiro atoms. The van der Waals surface area contributed by atoms with Crippen molar-refractivity contribution in [2.24, 2.45) is 0 Å². The van der Waals surface area contributed by atoms with Gasteiger partial charge in [-0.05, 0) is 25.5 Å². The van der Waals surface area contributed by atoms with Gasteiger partial charge in [-0.25, -0.2) is 0 Å². The molecule has 1 unspecified atom stereocenters. The van der Waals surface area contributed by atoms with E-state index in [9.17, 15) is 24.3 Å². The third kappa shape index (κ3) is 3.96. The van der Waals surface area contributed by atoms with Crippen LogP contribution in [0.5, 0.6) is 0 Å². The van der Waals surface area contributed by atoms with Crippen molar-refractivity contribution in [3.05, 3.63) is 97.0 Å². The molecule has 0 amide bonds. The third-order valence-electron chi connectivity index (χ3n) is 5.35. The molecule has 0 bridgehead atoms. The van der Waals surface area contributed by atoms with E-state index in [1.54, 1.807) is 68.4 Å². The lowest BCUT2D eigenvalue weighted by Crippen LogP contribution is -2.39. The molecule has 10 nitrogen and oxygen atoms in total. The lowest BCUT2D eigenvalue weighted by Gasteiger charge is -2.29. The predicted octanol–water partition coefficient (Wildman–Crippen LogP) is 4.56. The Bertz CT molecular complexity index is 1540. The van der Waals surface area contributed by atoms with Gasteiger partial charge < -0.3 is 14.0 Å². The minimum Gasteiger partial charge on any atom is -0.316 e. The number of fused-ring (bicyclic) bond motifs is 3. The quantitative estimate of drug-likeness (QED) is 0.128. The monoisotopic (exact) mass is 483 g/mol. The number of rotatable bonds is 8. The van der Waals surface area contributed by atoms with Crippen LogP contribution in [0.1, 0.15) is 25.2 Å². The van der Waals surface area contributed by atoms with Crippen molar-refractivity contribution in [3.63, 3.8) is 0 Å². The van der Waals surface area contributed by atoms with Gasteiger partial charge in [0.1, 0.15) is 0 Å². The standard InChI is InChI=1S/C23H22N3O7P/c1-3-32-34(31,33-4-2)23(15-10-6-5-7-11-15)25-20-17-13-9-8-12-16(17)19(26(29)30)14-18(20)24-21(27)22(25)28/h5-14,23H,3-4H2,1-2H3,(H,24,27). The van der Waals surface area contributed by atoms with Crippen molar-refractivity contribution in [2.75, 3.05) is 13.2 Å². The first-order chi connectivity index (χ1) is 16.3. The molecular formula is C23H22N3O7P. The summed E-state index contributed by atoms with van der Waals surface area (Å²) >= 11 is 0. The molecule has 0 saturated heterocycles. The van der Waals surface area contributed by atoms with Gasteiger partial charge in [-0.15, -0.1) is 0 Å². The molecule has 4 aromatic rings. The second-order valence-electron chi connectivity index (χ2n) is 7.38. The highest BCUT2D eigenvalue weighted by molar-refractivity contribution is 7.54. The molecule has 176 valence electrons. The van der Waals surface area contributed by atoms with E-state index in [1.807, 2.05) is 0 Å². The highest BCUT2D eigenvalue weighted by Crippen LogP contribution is 2.61. The first-order valence-corrected chi connectivity index (χ1v) is 12.2. The van der Waals surface area contributed by atoms with E-state index < -0.39 is 29.4 Å². The summed E-state index contributed by atoms with van der Waals surface area (Å²) in [6, 6.07) is 16.1. The maximum atomic E-state index is 14.1. The molecule has 34 heavy (non-hydrogen) atoms. The molecule has 0 aliphatic carbocycles. The predicted molar refractivity (Wildman–Crippen MR) is 128 cm³/mol. The first-order valence-electron chi connectivity index (χ1n) is 10.6. The minimum absolute atomic E-state index is 0.0305. The van der Waals surface area contributed by atoms with Gasteiger partial charge in [0.05, 0.1) is 34.6 Å². The molecular weight excluding hydrogens is 461 g/mol. The molecule has 0 aliphatic heterocycles. The van der Waals surface area contributed by atoms with Crippen LogP contribution in [-0.4, -0.2) is 27.7 Å². The highest BCUT2D eigenvalue weighted by atomic mass is 31.2. The first kappa shape index (κ1) is 23.6.